The second kappa shape index (κ2) is 8.56. The number of carbonyl (C=O) groups is 1. The minimum Gasteiger partial charge on any atom is -0.494 e. The molecular weight excluding hydrogens is 228 g/mol. The number of aliphatic carboxylic acids is 1. The van der Waals surface area contributed by atoms with Gasteiger partial charge in [-0.05, 0) is 30.5 Å². The van der Waals surface area contributed by atoms with Gasteiger partial charge in [0, 0.05) is 6.42 Å². The molecule has 0 atom stereocenters. The third kappa shape index (κ3) is 6.28. The van der Waals surface area contributed by atoms with Gasteiger partial charge >= 0.3 is 5.97 Å². The van der Waals surface area contributed by atoms with E-state index in [1.807, 2.05) is 24.3 Å². The highest BCUT2D eigenvalue weighted by Gasteiger charge is 2.01. The molecule has 0 aliphatic rings. The van der Waals surface area contributed by atoms with E-state index in [9.17, 15) is 4.79 Å². The number of carboxylic acid groups (broad SMARTS) is 1. The Kier molecular flexibility index (Phi) is 6.92. The molecule has 0 aliphatic heterocycles. The monoisotopic (exact) mass is 250 g/mol. The normalized spacial score (nSPS) is 10.3. The first kappa shape index (κ1) is 14.6. The van der Waals surface area contributed by atoms with E-state index < -0.39 is 5.97 Å². The molecule has 3 nitrogen and oxygen atoms in total. The minimum atomic E-state index is -0.763. The summed E-state index contributed by atoms with van der Waals surface area (Å²) >= 11 is 0. The first-order chi connectivity index (χ1) is 8.72. The van der Waals surface area contributed by atoms with Crippen LogP contribution < -0.4 is 4.74 Å². The van der Waals surface area contributed by atoms with Crippen LogP contribution in [0, 0.1) is 0 Å². The molecule has 100 valence electrons. The first-order valence-corrected chi connectivity index (χ1v) is 6.66. The number of unbranched alkanes of at least 4 members (excludes halogenated alkanes) is 3. The van der Waals surface area contributed by atoms with Crippen molar-refractivity contribution in [3.8, 4) is 5.75 Å². The van der Waals surface area contributed by atoms with Crippen LogP contribution in [0.15, 0.2) is 24.3 Å². The number of aryl methyl sites for hydroxylation is 1. The van der Waals surface area contributed by atoms with Crippen molar-refractivity contribution in [2.45, 2.75) is 45.4 Å². The molecule has 0 heterocycles. The number of ether oxygens (including phenoxy) is 1. The Bertz CT molecular complexity index is 361. The molecule has 0 fully saturated rings. The van der Waals surface area contributed by atoms with Gasteiger partial charge in [0.1, 0.15) is 5.75 Å². The lowest BCUT2D eigenvalue weighted by Crippen LogP contribution is -1.99. The van der Waals surface area contributed by atoms with Crippen LogP contribution in [0.5, 0.6) is 5.75 Å². The lowest BCUT2D eigenvalue weighted by atomic mass is 10.1. The van der Waals surface area contributed by atoms with Gasteiger partial charge in [0.05, 0.1) is 6.61 Å². The highest BCUT2D eigenvalue weighted by molar-refractivity contribution is 5.67. The predicted molar refractivity (Wildman–Crippen MR) is 72.0 cm³/mol. The molecule has 0 radical (unpaired) electrons. The highest BCUT2D eigenvalue weighted by atomic mass is 16.5. The summed E-state index contributed by atoms with van der Waals surface area (Å²) in [5, 5.41) is 8.64. The summed E-state index contributed by atoms with van der Waals surface area (Å²) in [6, 6.07) is 7.71. The van der Waals surface area contributed by atoms with Gasteiger partial charge in [-0.15, -0.1) is 0 Å². The van der Waals surface area contributed by atoms with Gasteiger partial charge in [0.25, 0.3) is 0 Å². The number of rotatable bonds is 9. The van der Waals surface area contributed by atoms with Gasteiger partial charge in [-0.1, -0.05) is 38.3 Å². The van der Waals surface area contributed by atoms with Crippen molar-refractivity contribution in [1.82, 2.24) is 0 Å². The van der Waals surface area contributed by atoms with Crippen molar-refractivity contribution in [2.75, 3.05) is 6.61 Å². The first-order valence-electron chi connectivity index (χ1n) is 6.66. The Balaban J connectivity index is 2.32. The Morgan fingerprint density at radius 3 is 2.83 bits per heavy atom. The fourth-order valence-electron chi connectivity index (χ4n) is 1.76. The average molecular weight is 250 g/mol. The van der Waals surface area contributed by atoms with Crippen LogP contribution in [0.4, 0.5) is 0 Å². The van der Waals surface area contributed by atoms with Crippen molar-refractivity contribution >= 4 is 5.97 Å². The molecule has 0 aliphatic carbocycles. The molecule has 1 aromatic rings. The van der Waals surface area contributed by atoms with Crippen molar-refractivity contribution in [3.05, 3.63) is 29.8 Å². The minimum absolute atomic E-state index is 0.167. The molecular formula is C15H22O3. The van der Waals surface area contributed by atoms with E-state index in [1.165, 1.54) is 19.3 Å². The van der Waals surface area contributed by atoms with Gasteiger partial charge < -0.3 is 9.84 Å². The Hall–Kier alpha value is -1.51. The fourth-order valence-corrected chi connectivity index (χ4v) is 1.76. The molecule has 0 aromatic heterocycles. The van der Waals surface area contributed by atoms with Gasteiger partial charge in [-0.2, -0.15) is 0 Å². The fraction of sp³-hybridized carbons (Fsp3) is 0.533. The average Bonchev–Trinajstić information content (AvgIpc) is 2.37. The van der Waals surface area contributed by atoms with Crippen molar-refractivity contribution < 1.29 is 14.6 Å². The second-order valence-corrected chi connectivity index (χ2v) is 4.45. The largest absolute Gasteiger partial charge is 0.494 e. The van der Waals surface area contributed by atoms with Crippen LogP contribution in [0.2, 0.25) is 0 Å². The third-order valence-corrected chi connectivity index (χ3v) is 2.79. The summed E-state index contributed by atoms with van der Waals surface area (Å²) < 4.78 is 5.65. The molecule has 0 bridgehead atoms. The van der Waals surface area contributed by atoms with Gasteiger partial charge in [0.2, 0.25) is 0 Å². The molecule has 0 amide bonds. The van der Waals surface area contributed by atoms with E-state index in [4.69, 9.17) is 9.84 Å². The molecule has 1 N–H and O–H groups in total. The van der Waals surface area contributed by atoms with Crippen molar-refractivity contribution in [3.63, 3.8) is 0 Å². The van der Waals surface area contributed by atoms with Crippen molar-refractivity contribution in [2.24, 2.45) is 0 Å². The summed E-state index contributed by atoms with van der Waals surface area (Å²) in [5.41, 5.74) is 1.02. The van der Waals surface area contributed by atoms with Crippen LogP contribution in [-0.2, 0) is 11.2 Å². The number of hydrogen-bond acceptors (Lipinski definition) is 2. The summed E-state index contributed by atoms with van der Waals surface area (Å²) in [6.07, 6.45) is 5.48. The Morgan fingerprint density at radius 2 is 2.11 bits per heavy atom. The molecule has 0 saturated heterocycles. The molecule has 0 spiro atoms. The Labute approximate surface area is 109 Å². The molecule has 3 heteroatoms. The molecule has 1 rings (SSSR count). The molecule has 18 heavy (non-hydrogen) atoms. The smallest absolute Gasteiger partial charge is 0.303 e. The maximum atomic E-state index is 10.5. The van der Waals surface area contributed by atoms with Crippen LogP contribution >= 0.6 is 0 Å². The van der Waals surface area contributed by atoms with E-state index in [2.05, 4.69) is 6.92 Å². The number of benzene rings is 1. The maximum Gasteiger partial charge on any atom is 0.303 e. The van der Waals surface area contributed by atoms with Gasteiger partial charge in [0.15, 0.2) is 0 Å². The molecule has 0 unspecified atom stereocenters. The standard InChI is InChI=1S/C15H22O3/c1-2-3-4-5-11-18-14-8-6-7-13(12-14)9-10-15(16)17/h6-8,12H,2-5,9-11H2,1H3,(H,16,17). The maximum absolute atomic E-state index is 10.5. The SMILES string of the molecule is CCCCCCOc1cccc(CCC(=O)O)c1. The lowest BCUT2D eigenvalue weighted by molar-refractivity contribution is -0.136. The second-order valence-electron chi connectivity index (χ2n) is 4.45. The van der Waals surface area contributed by atoms with E-state index in [0.29, 0.717) is 6.42 Å². The quantitative estimate of drug-likeness (QED) is 0.680. The van der Waals surface area contributed by atoms with Crippen LogP contribution in [0.1, 0.15) is 44.6 Å². The van der Waals surface area contributed by atoms with E-state index in [1.54, 1.807) is 0 Å². The summed E-state index contributed by atoms with van der Waals surface area (Å²) in [7, 11) is 0. The predicted octanol–water partition coefficient (Wildman–Crippen LogP) is 3.66. The van der Waals surface area contributed by atoms with Crippen LogP contribution in [0.25, 0.3) is 0 Å². The van der Waals surface area contributed by atoms with Crippen LogP contribution in [0.3, 0.4) is 0 Å². The highest BCUT2D eigenvalue weighted by Crippen LogP contribution is 2.15. The zero-order valence-electron chi connectivity index (χ0n) is 11.0. The summed E-state index contributed by atoms with van der Waals surface area (Å²) in [6.45, 7) is 2.93. The summed E-state index contributed by atoms with van der Waals surface area (Å²) in [5.74, 6) is 0.0790. The van der Waals surface area contributed by atoms with Gasteiger partial charge in [-0.3, -0.25) is 4.79 Å². The summed E-state index contributed by atoms with van der Waals surface area (Å²) in [4.78, 5) is 10.5. The number of hydrogen-bond donors (Lipinski definition) is 1. The molecule has 0 saturated carbocycles. The third-order valence-electron chi connectivity index (χ3n) is 2.79. The molecule has 1 aromatic carbocycles. The van der Waals surface area contributed by atoms with E-state index >= 15 is 0 Å². The van der Waals surface area contributed by atoms with E-state index in [-0.39, 0.29) is 6.42 Å². The van der Waals surface area contributed by atoms with E-state index in [0.717, 1.165) is 24.3 Å². The topological polar surface area (TPSA) is 46.5 Å². The Morgan fingerprint density at radius 1 is 1.28 bits per heavy atom. The zero-order valence-corrected chi connectivity index (χ0v) is 11.0. The van der Waals surface area contributed by atoms with Crippen molar-refractivity contribution in [1.29, 1.82) is 0 Å². The number of carboxylic acids is 1. The van der Waals surface area contributed by atoms with Gasteiger partial charge in [-0.25, -0.2) is 0 Å². The zero-order chi connectivity index (χ0) is 13.2. The lowest BCUT2D eigenvalue weighted by Gasteiger charge is -2.07. The van der Waals surface area contributed by atoms with Crippen LogP contribution in [-0.4, -0.2) is 17.7 Å².